The number of halogens is 2. The summed E-state index contributed by atoms with van der Waals surface area (Å²) in [7, 11) is 3.83. The van der Waals surface area contributed by atoms with Crippen LogP contribution < -0.4 is 14.9 Å². The van der Waals surface area contributed by atoms with Gasteiger partial charge in [0.15, 0.2) is 0 Å². The van der Waals surface area contributed by atoms with Crippen molar-refractivity contribution < 1.29 is 47.7 Å². The van der Waals surface area contributed by atoms with Gasteiger partial charge in [-0.15, -0.1) is 0 Å². The van der Waals surface area contributed by atoms with Crippen LogP contribution in [0.2, 0.25) is 5.02 Å². The number of ether oxygens (including phenoxy) is 3. The third-order valence-electron chi connectivity index (χ3n) is 10.4. The van der Waals surface area contributed by atoms with Gasteiger partial charge in [-0.2, -0.15) is 9.91 Å². The number of anilines is 1. The number of aromatic hydroxyl groups is 1. The van der Waals surface area contributed by atoms with Crippen LogP contribution in [0.1, 0.15) is 29.9 Å². The molecule has 2 heterocycles. The molecule has 2 saturated heterocycles. The van der Waals surface area contributed by atoms with E-state index < -0.39 is 70.5 Å². The highest BCUT2D eigenvalue weighted by Gasteiger charge is 2.71. The Morgan fingerprint density at radius 1 is 0.920 bits per heavy atom. The van der Waals surface area contributed by atoms with E-state index in [1.54, 1.807) is 30.3 Å². The van der Waals surface area contributed by atoms with Crippen molar-refractivity contribution in [2.24, 2.45) is 23.7 Å². The van der Waals surface area contributed by atoms with Gasteiger partial charge in [-0.05, 0) is 60.7 Å². The standard InChI is InChI=1S/C36H31ClFN3O9/c1-48-26-14-21(42)15-27(49-2)29(26)30-22-12-13-23-28(33(45)40(31(23)43)35(47)50-3)24(22)16-25-32(44)41(39-20-10-8-19(38)9-11-20)34(46)36(25,30)17-4-6-18(37)7-5-17/h4-12,14-15,23-25,28,30,39,42H,13,16H2,1-3H3/t23-,24+,25-,28-,30+,36+/m0/s1. The topological polar surface area (TPSA) is 152 Å². The number of benzene rings is 3. The van der Waals surface area contributed by atoms with Gasteiger partial charge in [0.1, 0.15) is 23.1 Å². The normalized spacial score (nSPS) is 27.0. The maximum Gasteiger partial charge on any atom is 0.423 e. The van der Waals surface area contributed by atoms with Crippen molar-refractivity contribution in [3.63, 3.8) is 0 Å². The van der Waals surface area contributed by atoms with Gasteiger partial charge in [0.25, 0.3) is 11.8 Å². The molecule has 3 aromatic rings. The van der Waals surface area contributed by atoms with Crippen LogP contribution in [0, 0.1) is 29.5 Å². The highest BCUT2D eigenvalue weighted by Crippen LogP contribution is 2.66. The highest BCUT2D eigenvalue weighted by atomic mass is 35.5. The third kappa shape index (κ3) is 4.67. The van der Waals surface area contributed by atoms with Gasteiger partial charge in [-0.1, -0.05) is 35.4 Å². The summed E-state index contributed by atoms with van der Waals surface area (Å²) in [6.45, 7) is 0. The predicted molar refractivity (Wildman–Crippen MR) is 174 cm³/mol. The van der Waals surface area contributed by atoms with Gasteiger partial charge in [-0.3, -0.25) is 24.6 Å². The van der Waals surface area contributed by atoms with Crippen LogP contribution in [0.4, 0.5) is 14.9 Å². The number of hydrogen-bond donors (Lipinski definition) is 2. The number of phenols is 1. The molecule has 0 bridgehead atoms. The van der Waals surface area contributed by atoms with E-state index in [9.17, 15) is 28.7 Å². The zero-order valence-electron chi connectivity index (χ0n) is 27.0. The van der Waals surface area contributed by atoms with Crippen LogP contribution in [-0.4, -0.2) is 66.1 Å². The van der Waals surface area contributed by atoms with Crippen LogP contribution in [-0.2, 0) is 29.3 Å². The summed E-state index contributed by atoms with van der Waals surface area (Å²) >= 11 is 6.33. The summed E-state index contributed by atoms with van der Waals surface area (Å²) in [6.07, 6.45) is 0.669. The summed E-state index contributed by atoms with van der Waals surface area (Å²) in [6, 6.07) is 14.4. The largest absolute Gasteiger partial charge is 0.508 e. The second kappa shape index (κ2) is 12.2. The molecule has 2 aliphatic heterocycles. The summed E-state index contributed by atoms with van der Waals surface area (Å²) in [5.41, 5.74) is 2.69. The fraction of sp³-hybridized carbons (Fsp3) is 0.306. The van der Waals surface area contributed by atoms with Gasteiger partial charge in [0.2, 0.25) is 11.8 Å². The average molecular weight is 704 g/mol. The molecular weight excluding hydrogens is 673 g/mol. The number of nitrogens with one attached hydrogen (secondary N) is 1. The molecule has 2 aliphatic carbocycles. The van der Waals surface area contributed by atoms with Gasteiger partial charge in [-0.25, -0.2) is 9.18 Å². The molecule has 7 rings (SSSR count). The van der Waals surface area contributed by atoms with Crippen LogP contribution in [0.15, 0.2) is 72.3 Å². The number of carbonyl (C=O) groups is 5. The van der Waals surface area contributed by atoms with E-state index in [2.05, 4.69) is 5.43 Å². The van der Waals surface area contributed by atoms with Gasteiger partial charge in [0.05, 0.1) is 50.2 Å². The summed E-state index contributed by atoms with van der Waals surface area (Å²) in [4.78, 5) is 70.6. The number of carbonyl (C=O) groups excluding carboxylic acids is 5. The lowest BCUT2D eigenvalue weighted by molar-refractivity contribution is -0.140. The van der Waals surface area contributed by atoms with E-state index in [4.69, 9.17) is 25.8 Å². The first-order valence-electron chi connectivity index (χ1n) is 15.7. The number of hydrazine groups is 1. The SMILES string of the molecule is COC(=O)N1C(=O)[C@H]2[C@H](CC=C3[C@H]2C[C@H]2C(=O)N(Nc4ccc(F)cc4)C(=O)[C@@]2(c2ccc(Cl)cc2)[C@H]3c2c(OC)cc(O)cc2OC)C1=O. The summed E-state index contributed by atoms with van der Waals surface area (Å²) < 4.78 is 30.2. The maximum absolute atomic E-state index is 15.3. The fourth-order valence-electron chi connectivity index (χ4n) is 8.45. The van der Waals surface area contributed by atoms with Crippen LogP contribution in [0.3, 0.4) is 0 Å². The molecule has 0 unspecified atom stereocenters. The Morgan fingerprint density at radius 2 is 1.56 bits per heavy atom. The smallest absolute Gasteiger partial charge is 0.423 e. The Kier molecular flexibility index (Phi) is 8.05. The Morgan fingerprint density at radius 3 is 2.16 bits per heavy atom. The number of nitrogens with zero attached hydrogens (tertiary/aromatic N) is 2. The molecule has 50 heavy (non-hydrogen) atoms. The van der Waals surface area contributed by atoms with Crippen molar-refractivity contribution in [2.45, 2.75) is 24.2 Å². The molecule has 3 aromatic carbocycles. The minimum absolute atomic E-state index is 0.0504. The molecule has 12 nitrogen and oxygen atoms in total. The second-order valence-corrected chi connectivity index (χ2v) is 13.1. The molecule has 0 radical (unpaired) electrons. The van der Waals surface area contributed by atoms with Gasteiger partial charge in [0, 0.05) is 28.6 Å². The number of imide groups is 4. The Balaban J connectivity index is 1.51. The number of rotatable bonds is 6. The molecule has 258 valence electrons. The van der Waals surface area contributed by atoms with Crippen LogP contribution in [0.5, 0.6) is 17.2 Å². The monoisotopic (exact) mass is 703 g/mol. The van der Waals surface area contributed by atoms with Crippen LogP contribution in [0.25, 0.3) is 0 Å². The lowest BCUT2D eigenvalue weighted by Crippen LogP contribution is -2.53. The van der Waals surface area contributed by atoms with E-state index in [0.717, 1.165) is 12.1 Å². The number of hydrogen-bond acceptors (Lipinski definition) is 10. The first-order valence-corrected chi connectivity index (χ1v) is 16.1. The molecule has 3 fully saturated rings. The number of methoxy groups -OCH3 is 3. The molecule has 14 heteroatoms. The minimum atomic E-state index is -1.73. The summed E-state index contributed by atoms with van der Waals surface area (Å²) in [5, 5.41) is 11.9. The fourth-order valence-corrected chi connectivity index (χ4v) is 8.58. The van der Waals surface area contributed by atoms with Crippen LogP contribution >= 0.6 is 11.6 Å². The predicted octanol–water partition coefficient (Wildman–Crippen LogP) is 4.95. The molecule has 0 aromatic heterocycles. The quantitative estimate of drug-likeness (QED) is 0.267. The van der Waals surface area contributed by atoms with Gasteiger partial charge >= 0.3 is 6.09 Å². The average Bonchev–Trinajstić information content (AvgIpc) is 3.49. The zero-order chi connectivity index (χ0) is 35.6. The molecule has 4 aliphatic rings. The first-order chi connectivity index (χ1) is 24.0. The Hall–Kier alpha value is -5.43. The number of allylic oxidation sites excluding steroid dienone is 2. The first kappa shape index (κ1) is 33.1. The van der Waals surface area contributed by atoms with Crippen molar-refractivity contribution in [3.8, 4) is 17.2 Å². The highest BCUT2D eigenvalue weighted by molar-refractivity contribution is 6.30. The van der Waals surface area contributed by atoms with Crippen molar-refractivity contribution in [1.29, 1.82) is 0 Å². The number of phenolic OH excluding ortho intramolecular Hbond substituents is 1. The van der Waals surface area contributed by atoms with Crippen molar-refractivity contribution in [3.05, 3.63) is 94.3 Å². The van der Waals surface area contributed by atoms with Crippen molar-refractivity contribution >= 4 is 47.0 Å². The number of likely N-dealkylation sites (tertiary alicyclic amines) is 1. The van der Waals surface area contributed by atoms with E-state index in [0.29, 0.717) is 26.6 Å². The maximum atomic E-state index is 15.3. The Labute approximate surface area is 290 Å². The number of fused-ring (bicyclic) bond motifs is 4. The Bertz CT molecular complexity index is 1960. The molecule has 0 spiro atoms. The van der Waals surface area contributed by atoms with Crippen molar-refractivity contribution in [2.75, 3.05) is 26.8 Å². The van der Waals surface area contributed by atoms with Crippen molar-refractivity contribution in [1.82, 2.24) is 9.91 Å². The molecule has 2 N–H and O–H groups in total. The molecule has 5 amide bonds. The second-order valence-electron chi connectivity index (χ2n) is 12.6. The lowest BCUT2D eigenvalue weighted by atomic mass is 9.49. The summed E-state index contributed by atoms with van der Waals surface area (Å²) in [5.74, 6) is -8.21. The van der Waals surface area contributed by atoms with Gasteiger partial charge < -0.3 is 19.3 Å². The molecular formula is C36H31ClFN3O9. The molecule has 6 atom stereocenters. The number of amides is 5. The van der Waals surface area contributed by atoms with E-state index in [-0.39, 0.29) is 35.8 Å². The lowest BCUT2D eigenvalue weighted by Gasteiger charge is -2.51. The molecule has 1 saturated carbocycles. The third-order valence-corrected chi connectivity index (χ3v) is 10.7. The van der Waals surface area contributed by atoms with E-state index in [1.165, 1.54) is 50.6 Å². The van der Waals surface area contributed by atoms with E-state index >= 15 is 4.79 Å². The minimum Gasteiger partial charge on any atom is -0.508 e. The zero-order valence-corrected chi connectivity index (χ0v) is 27.8. The van der Waals surface area contributed by atoms with E-state index in [1.807, 2.05) is 0 Å².